The molecule has 0 atom stereocenters. The molecule has 0 unspecified atom stereocenters. The first-order valence-electron chi connectivity index (χ1n) is 4.62. The van der Waals surface area contributed by atoms with Crippen molar-refractivity contribution >= 4 is 0 Å². The van der Waals surface area contributed by atoms with Crippen LogP contribution in [0.4, 0.5) is 0 Å². The molecule has 1 fully saturated rings. The molecule has 1 saturated carbocycles. The summed E-state index contributed by atoms with van der Waals surface area (Å²) in [4.78, 5) is 0. The van der Waals surface area contributed by atoms with Crippen molar-refractivity contribution in [1.29, 1.82) is 0 Å². The van der Waals surface area contributed by atoms with E-state index in [2.05, 4.69) is 36.0 Å². The largest absolute Gasteiger partial charge is 0.351 e. The van der Waals surface area contributed by atoms with Gasteiger partial charge < -0.3 is 9.88 Å². The van der Waals surface area contributed by atoms with Crippen LogP contribution < -0.4 is 5.32 Å². The lowest BCUT2D eigenvalue weighted by molar-refractivity contribution is 0.647. The lowest BCUT2D eigenvalue weighted by Crippen LogP contribution is -2.17. The quantitative estimate of drug-likeness (QED) is 0.717. The topological polar surface area (TPSA) is 17.0 Å². The second-order valence-electron chi connectivity index (χ2n) is 3.68. The number of aryl methyl sites for hydroxylation is 1. The van der Waals surface area contributed by atoms with E-state index in [1.54, 1.807) is 0 Å². The van der Waals surface area contributed by atoms with Gasteiger partial charge in [-0.25, -0.2) is 0 Å². The molecule has 2 rings (SSSR count). The molecule has 0 bridgehead atoms. The van der Waals surface area contributed by atoms with Gasteiger partial charge in [-0.2, -0.15) is 0 Å². The molecule has 1 aromatic heterocycles. The molecule has 1 aliphatic rings. The van der Waals surface area contributed by atoms with Gasteiger partial charge in [0, 0.05) is 31.0 Å². The second-order valence-corrected chi connectivity index (χ2v) is 3.68. The van der Waals surface area contributed by atoms with Crippen LogP contribution in [0, 0.1) is 6.92 Å². The van der Waals surface area contributed by atoms with E-state index in [0.29, 0.717) is 0 Å². The minimum absolute atomic E-state index is 0.806. The van der Waals surface area contributed by atoms with E-state index in [1.807, 2.05) is 0 Å². The fourth-order valence-corrected chi connectivity index (χ4v) is 1.38. The summed E-state index contributed by atoms with van der Waals surface area (Å²) in [5.74, 6) is 0. The Morgan fingerprint density at radius 1 is 1.50 bits per heavy atom. The van der Waals surface area contributed by atoms with Crippen LogP contribution in [0.5, 0.6) is 0 Å². The van der Waals surface area contributed by atoms with E-state index < -0.39 is 0 Å². The summed E-state index contributed by atoms with van der Waals surface area (Å²) >= 11 is 0. The van der Waals surface area contributed by atoms with Gasteiger partial charge in [-0.15, -0.1) is 0 Å². The maximum absolute atomic E-state index is 3.51. The Labute approximate surface area is 73.6 Å². The van der Waals surface area contributed by atoms with Crippen molar-refractivity contribution < 1.29 is 0 Å². The Bertz CT molecular complexity index is 271. The Morgan fingerprint density at radius 3 is 2.75 bits per heavy atom. The molecule has 66 valence electrons. The average Bonchev–Trinajstić information content (AvgIpc) is 2.82. The van der Waals surface area contributed by atoms with Crippen molar-refractivity contribution in [2.75, 3.05) is 0 Å². The zero-order valence-corrected chi connectivity index (χ0v) is 7.80. The molecule has 0 spiro atoms. The summed E-state index contributed by atoms with van der Waals surface area (Å²) in [6, 6.07) is 5.18. The van der Waals surface area contributed by atoms with Crippen LogP contribution in [0.3, 0.4) is 0 Å². The summed E-state index contributed by atoms with van der Waals surface area (Å²) in [5.41, 5.74) is 2.72. The molecule has 1 heterocycles. The molecular formula is C10H16N2. The summed E-state index contributed by atoms with van der Waals surface area (Å²) in [5, 5.41) is 3.51. The molecule has 0 aromatic carbocycles. The predicted octanol–water partition coefficient (Wildman–Crippen LogP) is 1.59. The van der Waals surface area contributed by atoms with Gasteiger partial charge in [-0.05, 0) is 31.9 Å². The van der Waals surface area contributed by atoms with E-state index in [-0.39, 0.29) is 0 Å². The molecule has 0 radical (unpaired) electrons. The monoisotopic (exact) mass is 164 g/mol. The highest BCUT2D eigenvalue weighted by Crippen LogP contribution is 2.19. The number of aromatic nitrogens is 1. The van der Waals surface area contributed by atoms with Crippen LogP contribution in [0.2, 0.25) is 0 Å². The molecule has 0 saturated heterocycles. The SMILES string of the molecule is Cc1ccc(CNC2CC2)n1C. The van der Waals surface area contributed by atoms with Crippen LogP contribution in [0.1, 0.15) is 24.2 Å². The summed E-state index contributed by atoms with van der Waals surface area (Å²) < 4.78 is 2.25. The van der Waals surface area contributed by atoms with Crippen molar-refractivity contribution in [3.63, 3.8) is 0 Å². The van der Waals surface area contributed by atoms with Gasteiger partial charge >= 0.3 is 0 Å². The third kappa shape index (κ3) is 1.53. The number of hydrogen-bond donors (Lipinski definition) is 1. The Hall–Kier alpha value is -0.760. The summed E-state index contributed by atoms with van der Waals surface area (Å²) in [6.07, 6.45) is 2.73. The molecule has 1 aromatic rings. The van der Waals surface area contributed by atoms with Gasteiger partial charge in [0.1, 0.15) is 0 Å². The number of nitrogens with zero attached hydrogens (tertiary/aromatic N) is 1. The summed E-state index contributed by atoms with van der Waals surface area (Å²) in [7, 11) is 2.12. The lowest BCUT2D eigenvalue weighted by Gasteiger charge is -2.05. The third-order valence-electron chi connectivity index (χ3n) is 2.63. The Balaban J connectivity index is 1.96. The molecule has 2 heteroatoms. The third-order valence-corrected chi connectivity index (χ3v) is 2.63. The molecule has 0 amide bonds. The first-order valence-corrected chi connectivity index (χ1v) is 4.62. The van der Waals surface area contributed by atoms with Crippen LogP contribution in [-0.4, -0.2) is 10.6 Å². The minimum Gasteiger partial charge on any atom is -0.351 e. The fourth-order valence-electron chi connectivity index (χ4n) is 1.38. The molecular weight excluding hydrogens is 148 g/mol. The Kier molecular flexibility index (Phi) is 1.93. The predicted molar refractivity (Wildman–Crippen MR) is 50.0 cm³/mol. The smallest absolute Gasteiger partial charge is 0.0361 e. The van der Waals surface area contributed by atoms with E-state index in [4.69, 9.17) is 0 Å². The van der Waals surface area contributed by atoms with Crippen LogP contribution in [0.15, 0.2) is 12.1 Å². The molecule has 12 heavy (non-hydrogen) atoms. The standard InChI is InChI=1S/C10H16N2/c1-8-3-6-10(12(8)2)7-11-9-4-5-9/h3,6,9,11H,4-5,7H2,1-2H3. The van der Waals surface area contributed by atoms with Crippen LogP contribution in [-0.2, 0) is 13.6 Å². The summed E-state index contributed by atoms with van der Waals surface area (Å²) in [6.45, 7) is 3.16. The number of nitrogens with one attached hydrogen (secondary N) is 1. The maximum atomic E-state index is 3.51. The second kappa shape index (κ2) is 2.94. The molecule has 1 N–H and O–H groups in total. The van der Waals surface area contributed by atoms with Gasteiger partial charge in [-0.1, -0.05) is 0 Å². The van der Waals surface area contributed by atoms with Gasteiger partial charge in [-0.3, -0.25) is 0 Å². The van der Waals surface area contributed by atoms with Crippen molar-refractivity contribution in [2.24, 2.45) is 7.05 Å². The van der Waals surface area contributed by atoms with E-state index in [9.17, 15) is 0 Å². The van der Waals surface area contributed by atoms with E-state index in [1.165, 1.54) is 24.2 Å². The number of hydrogen-bond acceptors (Lipinski definition) is 1. The van der Waals surface area contributed by atoms with Gasteiger partial charge in [0.2, 0.25) is 0 Å². The lowest BCUT2D eigenvalue weighted by atomic mass is 10.4. The highest BCUT2D eigenvalue weighted by atomic mass is 15.0. The van der Waals surface area contributed by atoms with Crippen LogP contribution >= 0.6 is 0 Å². The molecule has 1 aliphatic carbocycles. The Morgan fingerprint density at radius 2 is 2.25 bits per heavy atom. The van der Waals surface area contributed by atoms with Crippen LogP contribution in [0.25, 0.3) is 0 Å². The zero-order valence-electron chi connectivity index (χ0n) is 7.80. The normalized spacial score (nSPS) is 16.8. The fraction of sp³-hybridized carbons (Fsp3) is 0.600. The van der Waals surface area contributed by atoms with E-state index in [0.717, 1.165) is 12.6 Å². The highest BCUT2D eigenvalue weighted by Gasteiger charge is 2.20. The average molecular weight is 164 g/mol. The van der Waals surface area contributed by atoms with Gasteiger partial charge in [0.15, 0.2) is 0 Å². The minimum atomic E-state index is 0.806. The van der Waals surface area contributed by atoms with Crippen molar-refractivity contribution in [2.45, 2.75) is 32.4 Å². The maximum Gasteiger partial charge on any atom is 0.0361 e. The van der Waals surface area contributed by atoms with E-state index >= 15 is 0 Å². The van der Waals surface area contributed by atoms with Gasteiger partial charge in [0.05, 0.1) is 0 Å². The molecule has 0 aliphatic heterocycles. The van der Waals surface area contributed by atoms with Crippen molar-refractivity contribution in [3.05, 3.63) is 23.5 Å². The number of rotatable bonds is 3. The van der Waals surface area contributed by atoms with Crippen molar-refractivity contribution in [3.8, 4) is 0 Å². The van der Waals surface area contributed by atoms with Crippen molar-refractivity contribution in [1.82, 2.24) is 9.88 Å². The molecule has 2 nitrogen and oxygen atoms in total. The first-order chi connectivity index (χ1) is 5.77. The first kappa shape index (κ1) is 7.87. The van der Waals surface area contributed by atoms with Gasteiger partial charge in [0.25, 0.3) is 0 Å². The highest BCUT2D eigenvalue weighted by molar-refractivity contribution is 5.14. The zero-order chi connectivity index (χ0) is 8.55.